The highest BCUT2D eigenvalue weighted by Crippen LogP contribution is 2.22. The first-order valence-corrected chi connectivity index (χ1v) is 7.45. The normalized spacial score (nSPS) is 10.6. The molecule has 1 aromatic carbocycles. The Morgan fingerprint density at radius 3 is 3.00 bits per heavy atom. The van der Waals surface area contributed by atoms with Crippen LogP contribution >= 0.6 is 15.9 Å². The van der Waals surface area contributed by atoms with E-state index in [0.29, 0.717) is 24.6 Å². The number of rotatable bonds is 5. The maximum atomic E-state index is 11.9. The second kappa shape index (κ2) is 6.52. The van der Waals surface area contributed by atoms with Crippen LogP contribution in [-0.4, -0.2) is 31.1 Å². The van der Waals surface area contributed by atoms with Crippen LogP contribution in [0.2, 0.25) is 0 Å². The number of anilines is 1. The molecule has 2 heterocycles. The van der Waals surface area contributed by atoms with Crippen molar-refractivity contribution in [1.29, 1.82) is 0 Å². The van der Waals surface area contributed by atoms with Crippen molar-refractivity contribution in [3.05, 3.63) is 47.1 Å². The van der Waals surface area contributed by atoms with Gasteiger partial charge in [0.1, 0.15) is 12.2 Å². The zero-order chi connectivity index (χ0) is 15.4. The van der Waals surface area contributed by atoms with Gasteiger partial charge in [0, 0.05) is 22.9 Å². The highest BCUT2D eigenvalue weighted by molar-refractivity contribution is 9.10. The first kappa shape index (κ1) is 14.5. The molecule has 112 valence electrons. The highest BCUT2D eigenvalue weighted by Gasteiger charge is 2.08. The molecule has 3 N–H and O–H groups in total. The third-order valence-corrected chi connectivity index (χ3v) is 3.52. The van der Waals surface area contributed by atoms with Crippen molar-refractivity contribution in [2.24, 2.45) is 0 Å². The van der Waals surface area contributed by atoms with Gasteiger partial charge in [0.2, 0.25) is 11.9 Å². The molecule has 1 amide bonds. The number of hydrogen-bond acceptors (Lipinski definition) is 4. The number of H-pyrrole nitrogens is 2. The van der Waals surface area contributed by atoms with E-state index in [2.05, 4.69) is 46.4 Å². The van der Waals surface area contributed by atoms with Crippen molar-refractivity contribution >= 4 is 27.8 Å². The summed E-state index contributed by atoms with van der Waals surface area (Å²) in [4.78, 5) is 23.1. The van der Waals surface area contributed by atoms with Gasteiger partial charge in [0.15, 0.2) is 0 Å². The molecule has 0 spiro atoms. The van der Waals surface area contributed by atoms with Crippen LogP contribution in [0.3, 0.4) is 0 Å². The van der Waals surface area contributed by atoms with E-state index in [-0.39, 0.29) is 5.91 Å². The Morgan fingerprint density at radius 1 is 1.32 bits per heavy atom. The molecular weight excluding hydrogens is 348 g/mol. The number of halogens is 1. The summed E-state index contributed by atoms with van der Waals surface area (Å²) in [6, 6.07) is 7.83. The lowest BCUT2D eigenvalue weighted by atomic mass is 10.2. The minimum atomic E-state index is -0.133. The van der Waals surface area contributed by atoms with Gasteiger partial charge in [-0.1, -0.05) is 28.1 Å². The van der Waals surface area contributed by atoms with E-state index in [1.807, 2.05) is 24.3 Å². The number of benzene rings is 1. The Hall–Kier alpha value is -2.48. The number of aryl methyl sites for hydroxylation is 1. The number of nitrogens with zero attached hydrogens (tertiary/aromatic N) is 3. The third kappa shape index (κ3) is 3.59. The zero-order valence-corrected chi connectivity index (χ0v) is 13.1. The fourth-order valence-corrected chi connectivity index (χ4v) is 2.36. The minimum Gasteiger partial charge on any atom is -0.324 e. The van der Waals surface area contributed by atoms with Gasteiger partial charge >= 0.3 is 0 Å². The molecule has 3 aromatic rings. The number of amides is 1. The van der Waals surface area contributed by atoms with Gasteiger partial charge in [-0.3, -0.25) is 15.2 Å². The molecule has 0 fully saturated rings. The lowest BCUT2D eigenvalue weighted by Gasteiger charge is -2.01. The molecule has 0 aliphatic carbocycles. The van der Waals surface area contributed by atoms with Crippen molar-refractivity contribution in [3.63, 3.8) is 0 Å². The molecule has 22 heavy (non-hydrogen) atoms. The van der Waals surface area contributed by atoms with Crippen LogP contribution in [0, 0.1) is 0 Å². The van der Waals surface area contributed by atoms with E-state index in [1.165, 1.54) is 6.33 Å². The van der Waals surface area contributed by atoms with Gasteiger partial charge in [-0.25, -0.2) is 9.97 Å². The standard InChI is InChI=1S/C14H13BrN6O/c15-10-3-1-2-9(6-10)11-7-16-14(19-11)20-13(22)5-4-12-17-8-18-21-12/h1-3,6-8H,4-5H2,(H,17,18,21)(H2,16,19,20,22). The molecule has 2 aromatic heterocycles. The van der Waals surface area contributed by atoms with Crippen LogP contribution in [0.1, 0.15) is 12.2 Å². The first-order valence-electron chi connectivity index (χ1n) is 6.66. The van der Waals surface area contributed by atoms with Crippen molar-refractivity contribution in [2.75, 3.05) is 5.32 Å². The second-order valence-electron chi connectivity index (χ2n) is 4.64. The lowest BCUT2D eigenvalue weighted by molar-refractivity contribution is -0.116. The second-order valence-corrected chi connectivity index (χ2v) is 5.55. The van der Waals surface area contributed by atoms with Gasteiger partial charge in [0.25, 0.3) is 0 Å². The molecule has 0 aliphatic rings. The molecule has 0 radical (unpaired) electrons. The largest absolute Gasteiger partial charge is 0.324 e. The van der Waals surface area contributed by atoms with Crippen LogP contribution in [0.25, 0.3) is 11.3 Å². The molecule has 0 saturated carbocycles. The van der Waals surface area contributed by atoms with E-state index in [1.54, 1.807) is 6.20 Å². The molecule has 7 nitrogen and oxygen atoms in total. The average Bonchev–Trinajstić information content (AvgIpc) is 3.16. The number of aromatic amines is 2. The maximum absolute atomic E-state index is 11.9. The minimum absolute atomic E-state index is 0.133. The van der Waals surface area contributed by atoms with Crippen LogP contribution in [0.15, 0.2) is 41.3 Å². The summed E-state index contributed by atoms with van der Waals surface area (Å²) in [6.07, 6.45) is 3.92. The summed E-state index contributed by atoms with van der Waals surface area (Å²) < 4.78 is 0.984. The molecule has 0 atom stereocenters. The summed E-state index contributed by atoms with van der Waals surface area (Å²) in [6.45, 7) is 0. The van der Waals surface area contributed by atoms with Gasteiger partial charge in [-0.2, -0.15) is 5.10 Å². The van der Waals surface area contributed by atoms with Crippen molar-refractivity contribution < 1.29 is 4.79 Å². The Balaban J connectivity index is 1.60. The van der Waals surface area contributed by atoms with E-state index >= 15 is 0 Å². The van der Waals surface area contributed by atoms with Gasteiger partial charge in [-0.15, -0.1) is 0 Å². The Labute approximate surface area is 134 Å². The van der Waals surface area contributed by atoms with Crippen LogP contribution in [0.4, 0.5) is 5.95 Å². The lowest BCUT2D eigenvalue weighted by Crippen LogP contribution is -2.13. The summed E-state index contributed by atoms with van der Waals surface area (Å²) in [7, 11) is 0. The maximum Gasteiger partial charge on any atom is 0.227 e. The zero-order valence-electron chi connectivity index (χ0n) is 11.5. The summed E-state index contributed by atoms with van der Waals surface area (Å²) in [5.41, 5.74) is 1.83. The van der Waals surface area contributed by atoms with Crippen LogP contribution in [0.5, 0.6) is 0 Å². The fraction of sp³-hybridized carbons (Fsp3) is 0.143. The van der Waals surface area contributed by atoms with E-state index in [0.717, 1.165) is 15.7 Å². The van der Waals surface area contributed by atoms with Crippen LogP contribution in [-0.2, 0) is 11.2 Å². The quantitative estimate of drug-likeness (QED) is 0.650. The van der Waals surface area contributed by atoms with Gasteiger partial charge in [0.05, 0.1) is 11.9 Å². The molecule has 0 bridgehead atoms. The fourth-order valence-electron chi connectivity index (χ4n) is 1.97. The molecular formula is C14H13BrN6O. The molecule has 0 aliphatic heterocycles. The van der Waals surface area contributed by atoms with Crippen molar-refractivity contribution in [1.82, 2.24) is 25.1 Å². The van der Waals surface area contributed by atoms with Crippen molar-refractivity contribution in [2.45, 2.75) is 12.8 Å². The number of carbonyl (C=O) groups is 1. The number of nitrogens with one attached hydrogen (secondary N) is 3. The Bertz CT molecular complexity index is 767. The van der Waals surface area contributed by atoms with Crippen molar-refractivity contribution in [3.8, 4) is 11.3 Å². The van der Waals surface area contributed by atoms with E-state index < -0.39 is 0 Å². The van der Waals surface area contributed by atoms with E-state index in [4.69, 9.17) is 0 Å². The van der Waals surface area contributed by atoms with Crippen LogP contribution < -0.4 is 5.32 Å². The molecule has 0 unspecified atom stereocenters. The number of aromatic nitrogens is 5. The highest BCUT2D eigenvalue weighted by atomic mass is 79.9. The monoisotopic (exact) mass is 360 g/mol. The topological polar surface area (TPSA) is 99.3 Å². The predicted molar refractivity (Wildman–Crippen MR) is 85.1 cm³/mol. The molecule has 8 heteroatoms. The number of imidazole rings is 1. The predicted octanol–water partition coefficient (Wildman–Crippen LogP) is 2.53. The van der Waals surface area contributed by atoms with Gasteiger partial charge in [-0.05, 0) is 12.1 Å². The molecule has 3 rings (SSSR count). The summed E-state index contributed by atoms with van der Waals surface area (Å²) in [5, 5.41) is 9.19. The third-order valence-electron chi connectivity index (χ3n) is 3.02. The van der Waals surface area contributed by atoms with E-state index in [9.17, 15) is 4.79 Å². The SMILES string of the molecule is O=C(CCc1ncn[nH]1)Nc1ncc(-c2cccc(Br)c2)[nH]1. The first-order chi connectivity index (χ1) is 10.7. The summed E-state index contributed by atoms with van der Waals surface area (Å²) in [5.74, 6) is 0.980. The summed E-state index contributed by atoms with van der Waals surface area (Å²) >= 11 is 3.43. The Kier molecular flexibility index (Phi) is 4.29. The average molecular weight is 361 g/mol. The number of carbonyl (C=O) groups excluding carboxylic acids is 1. The Morgan fingerprint density at radius 2 is 2.23 bits per heavy atom. The molecule has 0 saturated heterocycles. The number of hydrogen-bond donors (Lipinski definition) is 3. The van der Waals surface area contributed by atoms with Gasteiger partial charge < -0.3 is 4.98 Å². The smallest absolute Gasteiger partial charge is 0.227 e.